The lowest BCUT2D eigenvalue weighted by Gasteiger charge is -2.18. The van der Waals surface area contributed by atoms with Crippen molar-refractivity contribution in [2.45, 2.75) is 39.6 Å². The number of carboxylic acids is 1. The molecule has 0 unspecified atom stereocenters. The van der Waals surface area contributed by atoms with Gasteiger partial charge in [-0.1, -0.05) is 26.7 Å². The molecule has 0 spiro atoms. The Labute approximate surface area is 177 Å². The predicted octanol–water partition coefficient (Wildman–Crippen LogP) is 5.50. The van der Waals surface area contributed by atoms with Crippen molar-refractivity contribution in [3.05, 3.63) is 53.9 Å². The van der Waals surface area contributed by atoms with E-state index in [-0.39, 0.29) is 17.9 Å². The third kappa shape index (κ3) is 5.68. The van der Waals surface area contributed by atoms with Crippen molar-refractivity contribution in [3.8, 4) is 11.5 Å². The molecular formula is C22H23F3N2O4. The maximum atomic E-state index is 12.7. The molecule has 3 rings (SSSR count). The van der Waals surface area contributed by atoms with Gasteiger partial charge in [0.2, 0.25) is 0 Å². The molecule has 1 aromatic carbocycles. The average Bonchev–Trinajstić information content (AvgIpc) is 3.11. The normalized spacial score (nSPS) is 11.8. The standard InChI is InChI=1S/C22H23F3N2O4/c1-3-14(4-2)13-30-19-6-5-18(31-22(23,24)25)10-17(19)12-27-8-7-15-9-16(21(28)29)11-26-20(15)27/h5-11,14H,3-4,12-13H2,1-2H3,(H,28,29). The second kappa shape index (κ2) is 9.28. The van der Waals surface area contributed by atoms with Gasteiger partial charge < -0.3 is 19.1 Å². The van der Waals surface area contributed by atoms with Crippen LogP contribution in [0.5, 0.6) is 11.5 Å². The number of halogens is 3. The van der Waals surface area contributed by atoms with Gasteiger partial charge in [-0.3, -0.25) is 0 Å². The van der Waals surface area contributed by atoms with Crippen molar-refractivity contribution in [3.63, 3.8) is 0 Å². The Morgan fingerprint density at radius 2 is 1.94 bits per heavy atom. The van der Waals surface area contributed by atoms with Gasteiger partial charge in [0, 0.05) is 23.3 Å². The number of carboxylic acid groups (broad SMARTS) is 1. The molecule has 0 fully saturated rings. The molecule has 6 nitrogen and oxygen atoms in total. The maximum absolute atomic E-state index is 12.7. The third-order valence-corrected chi connectivity index (χ3v) is 5.08. The van der Waals surface area contributed by atoms with Gasteiger partial charge in [0.15, 0.2) is 0 Å². The summed E-state index contributed by atoms with van der Waals surface area (Å²) in [6.07, 6.45) is 0.00253. The number of alkyl halides is 3. The van der Waals surface area contributed by atoms with Crippen LogP contribution in [-0.4, -0.2) is 33.6 Å². The largest absolute Gasteiger partial charge is 0.573 e. The Morgan fingerprint density at radius 3 is 2.58 bits per heavy atom. The van der Waals surface area contributed by atoms with E-state index in [2.05, 4.69) is 23.6 Å². The average molecular weight is 436 g/mol. The van der Waals surface area contributed by atoms with Crippen LogP contribution in [0, 0.1) is 5.92 Å². The number of fused-ring (bicyclic) bond motifs is 1. The lowest BCUT2D eigenvalue weighted by atomic mass is 10.1. The van der Waals surface area contributed by atoms with Gasteiger partial charge in [0.05, 0.1) is 18.7 Å². The van der Waals surface area contributed by atoms with E-state index in [4.69, 9.17) is 9.84 Å². The molecule has 0 atom stereocenters. The van der Waals surface area contributed by atoms with Crippen molar-refractivity contribution in [2.24, 2.45) is 5.92 Å². The molecule has 0 amide bonds. The lowest BCUT2D eigenvalue weighted by molar-refractivity contribution is -0.274. The van der Waals surface area contributed by atoms with Crippen LogP contribution in [0.4, 0.5) is 13.2 Å². The number of aromatic carboxylic acids is 1. The first kappa shape index (κ1) is 22.5. The lowest BCUT2D eigenvalue weighted by Crippen LogP contribution is -2.17. The summed E-state index contributed by atoms with van der Waals surface area (Å²) in [5, 5.41) is 9.73. The Hall–Kier alpha value is -3.23. The van der Waals surface area contributed by atoms with Crippen molar-refractivity contribution < 1.29 is 32.5 Å². The van der Waals surface area contributed by atoms with Gasteiger partial charge in [-0.25, -0.2) is 9.78 Å². The molecule has 2 aromatic heterocycles. The Kier molecular flexibility index (Phi) is 6.72. The summed E-state index contributed by atoms with van der Waals surface area (Å²) >= 11 is 0. The minimum absolute atomic E-state index is 0.0556. The Morgan fingerprint density at radius 1 is 1.19 bits per heavy atom. The van der Waals surface area contributed by atoms with E-state index in [9.17, 15) is 18.0 Å². The van der Waals surface area contributed by atoms with Gasteiger partial charge in [-0.2, -0.15) is 0 Å². The van der Waals surface area contributed by atoms with Crippen molar-refractivity contribution >= 4 is 17.0 Å². The van der Waals surface area contributed by atoms with Crippen molar-refractivity contribution in [1.29, 1.82) is 0 Å². The number of nitrogens with zero attached hydrogens (tertiary/aromatic N) is 2. The number of ether oxygens (including phenoxy) is 2. The fourth-order valence-corrected chi connectivity index (χ4v) is 3.26. The van der Waals surface area contributed by atoms with Crippen LogP contribution in [-0.2, 0) is 6.54 Å². The van der Waals surface area contributed by atoms with Crippen LogP contribution < -0.4 is 9.47 Å². The number of pyridine rings is 1. The monoisotopic (exact) mass is 436 g/mol. The van der Waals surface area contributed by atoms with E-state index >= 15 is 0 Å². The number of rotatable bonds is 9. The van der Waals surface area contributed by atoms with E-state index in [0.29, 0.717) is 34.9 Å². The molecule has 0 aliphatic rings. The highest BCUT2D eigenvalue weighted by Crippen LogP contribution is 2.30. The molecule has 0 aliphatic carbocycles. The predicted molar refractivity (Wildman–Crippen MR) is 108 cm³/mol. The van der Waals surface area contributed by atoms with Crippen molar-refractivity contribution in [1.82, 2.24) is 9.55 Å². The van der Waals surface area contributed by atoms with Crippen LogP contribution >= 0.6 is 0 Å². The number of hydrogen-bond donors (Lipinski definition) is 1. The SMILES string of the molecule is CCC(CC)COc1ccc(OC(F)(F)F)cc1Cn1ccc2cc(C(=O)O)cnc21. The zero-order chi connectivity index (χ0) is 22.6. The fraction of sp³-hybridized carbons (Fsp3) is 0.364. The first-order chi connectivity index (χ1) is 14.7. The quantitative estimate of drug-likeness (QED) is 0.480. The van der Waals surface area contributed by atoms with Crippen LogP contribution in [0.25, 0.3) is 11.0 Å². The highest BCUT2D eigenvalue weighted by molar-refractivity contribution is 5.91. The second-order valence-electron chi connectivity index (χ2n) is 7.20. The topological polar surface area (TPSA) is 73.6 Å². The molecule has 3 aromatic rings. The molecule has 9 heteroatoms. The zero-order valence-corrected chi connectivity index (χ0v) is 17.1. The van der Waals surface area contributed by atoms with E-state index in [1.165, 1.54) is 30.5 Å². The molecule has 0 saturated heterocycles. The van der Waals surface area contributed by atoms with Gasteiger partial charge in [0.25, 0.3) is 0 Å². The van der Waals surface area contributed by atoms with E-state index in [0.717, 1.165) is 12.8 Å². The first-order valence-corrected chi connectivity index (χ1v) is 9.89. The minimum atomic E-state index is -4.80. The number of aromatic nitrogens is 2. The van der Waals surface area contributed by atoms with Gasteiger partial charge in [-0.05, 0) is 36.2 Å². The summed E-state index contributed by atoms with van der Waals surface area (Å²) in [5.41, 5.74) is 1.06. The molecule has 0 aliphatic heterocycles. The number of benzene rings is 1. The number of hydrogen-bond acceptors (Lipinski definition) is 4. The minimum Gasteiger partial charge on any atom is -0.493 e. The highest BCUT2D eigenvalue weighted by Gasteiger charge is 2.31. The van der Waals surface area contributed by atoms with E-state index in [1.54, 1.807) is 16.8 Å². The number of carbonyl (C=O) groups is 1. The summed E-state index contributed by atoms with van der Waals surface area (Å²) in [6, 6.07) is 7.20. The first-order valence-electron chi connectivity index (χ1n) is 9.89. The smallest absolute Gasteiger partial charge is 0.493 e. The summed E-state index contributed by atoms with van der Waals surface area (Å²) < 4.78 is 49.8. The summed E-state index contributed by atoms with van der Waals surface area (Å²) in [7, 11) is 0. The zero-order valence-electron chi connectivity index (χ0n) is 17.1. The van der Waals surface area contributed by atoms with Crippen LogP contribution in [0.15, 0.2) is 42.7 Å². The maximum Gasteiger partial charge on any atom is 0.573 e. The van der Waals surface area contributed by atoms with Gasteiger partial charge >= 0.3 is 12.3 Å². The van der Waals surface area contributed by atoms with E-state index in [1.807, 2.05) is 0 Å². The van der Waals surface area contributed by atoms with Gasteiger partial charge in [0.1, 0.15) is 17.1 Å². The van der Waals surface area contributed by atoms with Crippen LogP contribution in [0.2, 0.25) is 0 Å². The van der Waals surface area contributed by atoms with Crippen LogP contribution in [0.3, 0.4) is 0 Å². The van der Waals surface area contributed by atoms with E-state index < -0.39 is 12.3 Å². The molecule has 0 saturated carbocycles. The molecule has 1 N–H and O–H groups in total. The summed E-state index contributed by atoms with van der Waals surface area (Å²) in [5.74, 6) is -0.626. The molecular weight excluding hydrogens is 413 g/mol. The summed E-state index contributed by atoms with van der Waals surface area (Å²) in [6.45, 7) is 4.74. The highest BCUT2D eigenvalue weighted by atomic mass is 19.4. The molecule has 2 heterocycles. The third-order valence-electron chi connectivity index (χ3n) is 5.08. The van der Waals surface area contributed by atoms with Crippen LogP contribution in [0.1, 0.15) is 42.6 Å². The fourth-order valence-electron chi connectivity index (χ4n) is 3.26. The molecule has 31 heavy (non-hydrogen) atoms. The molecule has 0 bridgehead atoms. The Balaban J connectivity index is 1.93. The van der Waals surface area contributed by atoms with Gasteiger partial charge in [-0.15, -0.1) is 13.2 Å². The molecule has 166 valence electrons. The summed E-state index contributed by atoms with van der Waals surface area (Å²) in [4.78, 5) is 15.3. The second-order valence-corrected chi connectivity index (χ2v) is 7.20. The Bertz CT molecular complexity index is 1060. The van der Waals surface area contributed by atoms with Crippen molar-refractivity contribution in [2.75, 3.05) is 6.61 Å². The molecule has 0 radical (unpaired) electrons.